The molecule has 5 nitrogen and oxygen atoms in total. The molecule has 1 aromatic carbocycles. The fourth-order valence-electron chi connectivity index (χ4n) is 1.92. The number of para-hydroxylation sites is 1. The second-order valence-corrected chi connectivity index (χ2v) is 4.35. The largest absolute Gasteiger partial charge is 0.350 e. The van der Waals surface area contributed by atoms with E-state index in [9.17, 15) is 0 Å². The number of fused-ring (bicyclic) bond motifs is 1. The van der Waals surface area contributed by atoms with Crippen LogP contribution in [0.1, 0.15) is 5.56 Å². The monoisotopic (exact) mass is 257 g/mol. The summed E-state index contributed by atoms with van der Waals surface area (Å²) in [6.45, 7) is 0. The molecular weight excluding hydrogens is 246 g/mol. The molecule has 0 saturated carbocycles. The summed E-state index contributed by atoms with van der Waals surface area (Å²) >= 11 is 5.03. The van der Waals surface area contributed by atoms with Gasteiger partial charge in [-0.25, -0.2) is 0 Å². The minimum atomic E-state index is 0.478. The van der Waals surface area contributed by atoms with E-state index in [-0.39, 0.29) is 0 Å². The molecule has 0 radical (unpaired) electrons. The van der Waals surface area contributed by atoms with Gasteiger partial charge in [-0.1, -0.05) is 18.2 Å². The topological polar surface area (TPSA) is 50.9 Å². The van der Waals surface area contributed by atoms with E-state index in [1.54, 1.807) is 12.5 Å². The summed E-state index contributed by atoms with van der Waals surface area (Å²) in [4.78, 5) is 0. The second-order valence-electron chi connectivity index (χ2n) is 3.96. The van der Waals surface area contributed by atoms with Crippen molar-refractivity contribution in [3.63, 3.8) is 0 Å². The zero-order chi connectivity index (χ0) is 12.5. The Balaban J connectivity index is 2.08. The Labute approximate surface area is 108 Å². The van der Waals surface area contributed by atoms with Crippen molar-refractivity contribution < 1.29 is 0 Å². The number of aromatic nitrogens is 4. The Morgan fingerprint density at radius 1 is 1.39 bits per heavy atom. The van der Waals surface area contributed by atoms with Crippen LogP contribution in [-0.4, -0.2) is 25.7 Å². The molecule has 90 valence electrons. The number of benzene rings is 1. The highest BCUT2D eigenvalue weighted by atomic mass is 32.1. The van der Waals surface area contributed by atoms with Crippen LogP contribution in [-0.2, 0) is 7.05 Å². The normalized spacial score (nSPS) is 11.6. The Morgan fingerprint density at radius 2 is 2.22 bits per heavy atom. The lowest BCUT2D eigenvalue weighted by atomic mass is 10.2. The maximum atomic E-state index is 5.03. The molecule has 0 fully saturated rings. The molecule has 18 heavy (non-hydrogen) atoms. The Hall–Kier alpha value is -2.21. The number of aryl methyl sites for hydroxylation is 1. The summed E-state index contributed by atoms with van der Waals surface area (Å²) < 4.78 is 4.08. The fourth-order valence-corrected chi connectivity index (χ4v) is 2.07. The van der Waals surface area contributed by atoms with Crippen LogP contribution < -0.4 is 0 Å². The van der Waals surface area contributed by atoms with Crippen molar-refractivity contribution in [3.05, 3.63) is 47.1 Å². The average molecular weight is 257 g/mol. The van der Waals surface area contributed by atoms with Crippen LogP contribution in [0.3, 0.4) is 0 Å². The average Bonchev–Trinajstić information content (AvgIpc) is 2.92. The molecule has 2 heterocycles. The molecule has 0 aliphatic carbocycles. The summed E-state index contributed by atoms with van der Waals surface area (Å²) in [7, 11) is 2.02. The Bertz CT molecular complexity index is 777. The van der Waals surface area contributed by atoms with Crippen molar-refractivity contribution in [3.8, 4) is 0 Å². The van der Waals surface area contributed by atoms with E-state index in [1.165, 1.54) is 15.6 Å². The predicted molar refractivity (Wildman–Crippen MR) is 73.3 cm³/mol. The molecule has 0 atom stereocenters. The number of nitrogens with zero attached hydrogens (tertiary/aromatic N) is 4. The van der Waals surface area contributed by atoms with Crippen LogP contribution in [0, 0.1) is 4.77 Å². The first-order chi connectivity index (χ1) is 8.75. The van der Waals surface area contributed by atoms with Crippen molar-refractivity contribution in [2.75, 3.05) is 0 Å². The number of aromatic amines is 1. The molecule has 6 heteroatoms. The van der Waals surface area contributed by atoms with Crippen LogP contribution >= 0.6 is 12.2 Å². The van der Waals surface area contributed by atoms with Gasteiger partial charge in [0.25, 0.3) is 0 Å². The molecule has 2 aromatic heterocycles. The third-order valence-electron chi connectivity index (χ3n) is 2.78. The Kier molecular flexibility index (Phi) is 2.56. The van der Waals surface area contributed by atoms with E-state index in [1.807, 2.05) is 25.4 Å². The van der Waals surface area contributed by atoms with Gasteiger partial charge in [0, 0.05) is 29.7 Å². The van der Waals surface area contributed by atoms with Gasteiger partial charge in [0.1, 0.15) is 6.33 Å². The maximum absolute atomic E-state index is 5.03. The third kappa shape index (κ3) is 1.76. The molecule has 1 N–H and O–H groups in total. The van der Waals surface area contributed by atoms with Crippen LogP contribution in [0.5, 0.6) is 0 Å². The number of nitrogens with one attached hydrogen (secondary N) is 1. The Morgan fingerprint density at radius 3 is 3.00 bits per heavy atom. The standard InChI is InChI=1S/C12H11N5S/c1-16-7-9(10-4-2-3-5-11(10)16)6-14-17-8-13-15-12(17)18/h2-8H,1H3,(H,15,18)/b14-6-. The van der Waals surface area contributed by atoms with E-state index in [0.29, 0.717) is 4.77 Å². The SMILES string of the molecule is Cn1cc(/C=N\n2cn[nH]c2=S)c2ccccc21. The van der Waals surface area contributed by atoms with Gasteiger partial charge >= 0.3 is 0 Å². The van der Waals surface area contributed by atoms with Crippen molar-refractivity contribution >= 4 is 29.3 Å². The van der Waals surface area contributed by atoms with Gasteiger partial charge in [-0.15, -0.1) is 0 Å². The summed E-state index contributed by atoms with van der Waals surface area (Å²) in [6.07, 6.45) is 5.37. The lowest BCUT2D eigenvalue weighted by Gasteiger charge is -1.93. The molecule has 0 aliphatic heterocycles. The second kappa shape index (κ2) is 4.23. The van der Waals surface area contributed by atoms with Gasteiger partial charge in [-0.05, 0) is 18.3 Å². The van der Waals surface area contributed by atoms with E-state index in [0.717, 1.165) is 5.56 Å². The third-order valence-corrected chi connectivity index (χ3v) is 3.06. The summed E-state index contributed by atoms with van der Waals surface area (Å²) in [5.41, 5.74) is 2.23. The molecule has 0 amide bonds. The van der Waals surface area contributed by atoms with Gasteiger partial charge in [-0.2, -0.15) is 14.9 Å². The zero-order valence-electron chi connectivity index (χ0n) is 9.74. The van der Waals surface area contributed by atoms with Crippen LogP contribution in [0.2, 0.25) is 0 Å². The lowest BCUT2D eigenvalue weighted by molar-refractivity contribution is 0.862. The highest BCUT2D eigenvalue weighted by molar-refractivity contribution is 7.71. The molecule has 3 aromatic rings. The zero-order valence-corrected chi connectivity index (χ0v) is 10.6. The van der Waals surface area contributed by atoms with Crippen LogP contribution in [0.15, 0.2) is 41.9 Å². The molecular formula is C12H11N5S. The minimum Gasteiger partial charge on any atom is -0.350 e. The molecule has 0 unspecified atom stereocenters. The summed E-state index contributed by atoms with van der Waals surface area (Å²) in [6, 6.07) is 8.19. The number of rotatable bonds is 2. The van der Waals surface area contributed by atoms with Crippen LogP contribution in [0.4, 0.5) is 0 Å². The first-order valence-electron chi connectivity index (χ1n) is 5.46. The first kappa shape index (κ1) is 10.9. The smallest absolute Gasteiger partial charge is 0.216 e. The van der Waals surface area contributed by atoms with Crippen molar-refractivity contribution in [2.24, 2.45) is 12.1 Å². The van der Waals surface area contributed by atoms with Gasteiger partial charge in [0.15, 0.2) is 0 Å². The van der Waals surface area contributed by atoms with Crippen molar-refractivity contribution in [1.29, 1.82) is 0 Å². The van der Waals surface area contributed by atoms with Gasteiger partial charge in [0.05, 0.1) is 6.21 Å². The van der Waals surface area contributed by atoms with Gasteiger partial charge in [0.2, 0.25) is 4.77 Å². The van der Waals surface area contributed by atoms with E-state index in [4.69, 9.17) is 12.2 Å². The van der Waals surface area contributed by atoms with E-state index >= 15 is 0 Å². The maximum Gasteiger partial charge on any atom is 0.216 e. The number of hydrogen-bond donors (Lipinski definition) is 1. The molecule has 0 saturated heterocycles. The lowest BCUT2D eigenvalue weighted by Crippen LogP contribution is -1.88. The highest BCUT2D eigenvalue weighted by Gasteiger charge is 2.03. The number of hydrogen-bond acceptors (Lipinski definition) is 3. The first-order valence-corrected chi connectivity index (χ1v) is 5.87. The van der Waals surface area contributed by atoms with Crippen molar-refractivity contribution in [2.45, 2.75) is 0 Å². The summed E-state index contributed by atoms with van der Waals surface area (Å²) in [5, 5.41) is 11.9. The minimum absolute atomic E-state index is 0.478. The highest BCUT2D eigenvalue weighted by Crippen LogP contribution is 2.18. The molecule has 0 bridgehead atoms. The van der Waals surface area contributed by atoms with E-state index < -0.39 is 0 Å². The molecule has 0 aliphatic rings. The van der Waals surface area contributed by atoms with E-state index in [2.05, 4.69) is 32.0 Å². The van der Waals surface area contributed by atoms with Crippen molar-refractivity contribution in [1.82, 2.24) is 19.4 Å². The molecule has 0 spiro atoms. The van der Waals surface area contributed by atoms with Crippen LogP contribution in [0.25, 0.3) is 10.9 Å². The number of H-pyrrole nitrogens is 1. The fraction of sp³-hybridized carbons (Fsp3) is 0.0833. The molecule has 3 rings (SSSR count). The van der Waals surface area contributed by atoms with Gasteiger partial charge < -0.3 is 4.57 Å². The van der Waals surface area contributed by atoms with Gasteiger partial charge in [-0.3, -0.25) is 5.10 Å². The summed E-state index contributed by atoms with van der Waals surface area (Å²) in [5.74, 6) is 0. The predicted octanol–water partition coefficient (Wildman–Crippen LogP) is 2.31. The quantitative estimate of drug-likeness (QED) is 0.566.